The van der Waals surface area contributed by atoms with E-state index in [0.29, 0.717) is 6.04 Å². The Balaban J connectivity index is 1.52. The maximum absolute atomic E-state index is 12.3. The van der Waals surface area contributed by atoms with Gasteiger partial charge >= 0.3 is 0 Å². The minimum Gasteiger partial charge on any atom is -0.457 e. The number of para-hydroxylation sites is 1. The highest BCUT2D eigenvalue weighted by atomic mass is 16.5. The van der Waals surface area contributed by atoms with Crippen LogP contribution < -0.4 is 15.4 Å². The van der Waals surface area contributed by atoms with Crippen molar-refractivity contribution in [2.75, 3.05) is 5.32 Å². The van der Waals surface area contributed by atoms with Gasteiger partial charge in [-0.15, -0.1) is 0 Å². The second-order valence-corrected chi connectivity index (χ2v) is 6.30. The Labute approximate surface area is 143 Å². The zero-order chi connectivity index (χ0) is 16.8. The number of hydrogen-bond acceptors (Lipinski definition) is 3. The van der Waals surface area contributed by atoms with Crippen molar-refractivity contribution >= 4 is 11.6 Å². The van der Waals surface area contributed by atoms with Gasteiger partial charge in [0.1, 0.15) is 11.5 Å². The molecular formula is C20H24N2O2. The van der Waals surface area contributed by atoms with Crippen LogP contribution in [-0.2, 0) is 4.79 Å². The van der Waals surface area contributed by atoms with Crippen molar-refractivity contribution in [2.45, 2.75) is 44.7 Å². The summed E-state index contributed by atoms with van der Waals surface area (Å²) in [5.74, 6) is 1.54. The largest absolute Gasteiger partial charge is 0.457 e. The molecule has 3 rings (SSSR count). The van der Waals surface area contributed by atoms with Gasteiger partial charge in [-0.2, -0.15) is 0 Å². The Bertz CT molecular complexity index is 649. The number of amides is 1. The molecule has 1 atom stereocenters. The van der Waals surface area contributed by atoms with Crippen LogP contribution in [0.2, 0.25) is 0 Å². The minimum absolute atomic E-state index is 0.00127. The van der Waals surface area contributed by atoms with E-state index in [1.807, 2.05) is 61.5 Å². The number of ether oxygens (including phenoxy) is 1. The molecule has 1 aliphatic carbocycles. The molecule has 4 heteroatoms. The van der Waals surface area contributed by atoms with Crippen LogP contribution in [0.25, 0.3) is 0 Å². The van der Waals surface area contributed by atoms with E-state index in [4.69, 9.17) is 4.74 Å². The van der Waals surface area contributed by atoms with Gasteiger partial charge in [-0.3, -0.25) is 4.79 Å². The number of rotatable bonds is 6. The summed E-state index contributed by atoms with van der Waals surface area (Å²) in [6, 6.07) is 17.4. The summed E-state index contributed by atoms with van der Waals surface area (Å²) in [7, 11) is 0. The van der Waals surface area contributed by atoms with Crippen LogP contribution in [0.4, 0.5) is 5.69 Å². The number of carbonyl (C=O) groups is 1. The maximum atomic E-state index is 12.3. The Morgan fingerprint density at radius 3 is 2.29 bits per heavy atom. The van der Waals surface area contributed by atoms with Crippen molar-refractivity contribution in [3.63, 3.8) is 0 Å². The molecule has 126 valence electrons. The molecule has 0 heterocycles. The molecule has 2 aromatic rings. The predicted octanol–water partition coefficient (Wildman–Crippen LogP) is 4.34. The van der Waals surface area contributed by atoms with Crippen LogP contribution >= 0.6 is 0 Å². The first-order valence-electron chi connectivity index (χ1n) is 8.60. The van der Waals surface area contributed by atoms with E-state index in [2.05, 4.69) is 10.6 Å². The molecule has 1 aliphatic rings. The maximum Gasteiger partial charge on any atom is 0.241 e. The van der Waals surface area contributed by atoms with E-state index in [1.54, 1.807) is 0 Å². The fraction of sp³-hybridized carbons (Fsp3) is 0.350. The average Bonchev–Trinajstić information content (AvgIpc) is 3.10. The topological polar surface area (TPSA) is 50.4 Å². The molecule has 0 bridgehead atoms. The van der Waals surface area contributed by atoms with Crippen molar-refractivity contribution in [3.8, 4) is 11.5 Å². The number of carbonyl (C=O) groups excluding carboxylic acids is 1. The van der Waals surface area contributed by atoms with Gasteiger partial charge in [0.05, 0.1) is 6.04 Å². The van der Waals surface area contributed by atoms with E-state index in [1.165, 1.54) is 25.7 Å². The molecule has 4 nitrogen and oxygen atoms in total. The first kappa shape index (κ1) is 16.5. The van der Waals surface area contributed by atoms with Crippen LogP contribution in [-0.4, -0.2) is 18.0 Å². The van der Waals surface area contributed by atoms with Gasteiger partial charge in [0.25, 0.3) is 0 Å². The molecular weight excluding hydrogens is 300 g/mol. The molecule has 1 fully saturated rings. The molecule has 0 aliphatic heterocycles. The van der Waals surface area contributed by atoms with Gasteiger partial charge in [-0.25, -0.2) is 0 Å². The van der Waals surface area contributed by atoms with Crippen molar-refractivity contribution in [3.05, 3.63) is 54.6 Å². The van der Waals surface area contributed by atoms with Gasteiger partial charge in [0, 0.05) is 11.7 Å². The summed E-state index contributed by atoms with van der Waals surface area (Å²) in [6.07, 6.45) is 4.86. The number of hydrogen-bond donors (Lipinski definition) is 2. The number of anilines is 1. The zero-order valence-corrected chi connectivity index (χ0v) is 14.0. The summed E-state index contributed by atoms with van der Waals surface area (Å²) in [5, 5.41) is 6.36. The summed E-state index contributed by atoms with van der Waals surface area (Å²) in [6.45, 7) is 1.92. The van der Waals surface area contributed by atoms with Gasteiger partial charge in [0.15, 0.2) is 0 Å². The Morgan fingerprint density at radius 2 is 1.62 bits per heavy atom. The quantitative estimate of drug-likeness (QED) is 0.831. The van der Waals surface area contributed by atoms with Crippen LogP contribution in [0.15, 0.2) is 54.6 Å². The van der Waals surface area contributed by atoms with E-state index in [0.717, 1.165) is 17.2 Å². The Hall–Kier alpha value is -2.33. The number of nitrogens with one attached hydrogen (secondary N) is 2. The Morgan fingerprint density at radius 1 is 1.00 bits per heavy atom. The third-order valence-corrected chi connectivity index (χ3v) is 4.33. The lowest BCUT2D eigenvalue weighted by Gasteiger charge is -2.18. The highest BCUT2D eigenvalue weighted by molar-refractivity contribution is 5.94. The van der Waals surface area contributed by atoms with Crippen LogP contribution in [0.1, 0.15) is 32.6 Å². The lowest BCUT2D eigenvalue weighted by molar-refractivity contribution is -0.117. The van der Waals surface area contributed by atoms with E-state index in [-0.39, 0.29) is 11.9 Å². The first-order valence-corrected chi connectivity index (χ1v) is 8.60. The summed E-state index contributed by atoms with van der Waals surface area (Å²) in [5.41, 5.74) is 0.778. The molecule has 0 saturated heterocycles. The van der Waals surface area contributed by atoms with Gasteiger partial charge in [0.2, 0.25) is 5.91 Å². The van der Waals surface area contributed by atoms with Crippen LogP contribution in [0.5, 0.6) is 11.5 Å². The zero-order valence-electron chi connectivity index (χ0n) is 14.0. The molecule has 2 aromatic carbocycles. The fourth-order valence-corrected chi connectivity index (χ4v) is 3.00. The standard InChI is InChI=1S/C20H24N2O2/c1-15(21-16-7-5-6-8-16)20(23)22-17-11-13-19(14-12-17)24-18-9-3-2-4-10-18/h2-4,9-16,21H,5-8H2,1H3,(H,22,23). The SMILES string of the molecule is CC(NC1CCCC1)C(=O)Nc1ccc(Oc2ccccc2)cc1. The fourth-order valence-electron chi connectivity index (χ4n) is 3.00. The average molecular weight is 324 g/mol. The molecule has 0 aromatic heterocycles. The molecule has 1 amide bonds. The smallest absolute Gasteiger partial charge is 0.241 e. The van der Waals surface area contributed by atoms with E-state index >= 15 is 0 Å². The Kier molecular flexibility index (Phi) is 5.49. The highest BCUT2D eigenvalue weighted by Gasteiger charge is 2.20. The summed E-state index contributed by atoms with van der Waals surface area (Å²) < 4.78 is 5.75. The van der Waals surface area contributed by atoms with Crippen LogP contribution in [0, 0.1) is 0 Å². The molecule has 1 saturated carbocycles. The van der Waals surface area contributed by atoms with Gasteiger partial charge < -0.3 is 15.4 Å². The molecule has 0 spiro atoms. The monoisotopic (exact) mass is 324 g/mol. The van der Waals surface area contributed by atoms with Crippen molar-refractivity contribution < 1.29 is 9.53 Å². The lowest BCUT2D eigenvalue weighted by Crippen LogP contribution is -2.42. The normalized spacial score (nSPS) is 15.9. The van der Waals surface area contributed by atoms with Crippen molar-refractivity contribution in [2.24, 2.45) is 0 Å². The second kappa shape index (κ2) is 7.97. The summed E-state index contributed by atoms with van der Waals surface area (Å²) in [4.78, 5) is 12.3. The van der Waals surface area contributed by atoms with Crippen LogP contribution in [0.3, 0.4) is 0 Å². The molecule has 24 heavy (non-hydrogen) atoms. The minimum atomic E-state index is -0.187. The highest BCUT2D eigenvalue weighted by Crippen LogP contribution is 2.23. The molecule has 2 N–H and O–H groups in total. The third-order valence-electron chi connectivity index (χ3n) is 4.33. The number of benzene rings is 2. The van der Waals surface area contributed by atoms with E-state index < -0.39 is 0 Å². The third kappa shape index (κ3) is 4.59. The van der Waals surface area contributed by atoms with Gasteiger partial charge in [-0.05, 0) is 56.2 Å². The first-order chi connectivity index (χ1) is 11.7. The van der Waals surface area contributed by atoms with Crippen molar-refractivity contribution in [1.82, 2.24) is 5.32 Å². The van der Waals surface area contributed by atoms with Crippen molar-refractivity contribution in [1.29, 1.82) is 0 Å². The lowest BCUT2D eigenvalue weighted by atomic mass is 10.2. The summed E-state index contributed by atoms with van der Waals surface area (Å²) >= 11 is 0. The molecule has 0 radical (unpaired) electrons. The van der Waals surface area contributed by atoms with E-state index in [9.17, 15) is 4.79 Å². The molecule has 1 unspecified atom stereocenters. The predicted molar refractivity (Wildman–Crippen MR) is 96.4 cm³/mol. The second-order valence-electron chi connectivity index (χ2n) is 6.30. The van der Waals surface area contributed by atoms with Gasteiger partial charge in [-0.1, -0.05) is 31.0 Å².